The van der Waals surface area contributed by atoms with Gasteiger partial charge in [0.25, 0.3) is 0 Å². The fourth-order valence-electron chi connectivity index (χ4n) is 3.21. The Morgan fingerprint density at radius 1 is 0.939 bits per heavy atom. The van der Waals surface area contributed by atoms with Gasteiger partial charge in [-0.3, -0.25) is 14.2 Å². The quantitative estimate of drug-likeness (QED) is 0.538. The van der Waals surface area contributed by atoms with Gasteiger partial charge in [-0.25, -0.2) is 4.98 Å². The van der Waals surface area contributed by atoms with E-state index in [1.165, 1.54) is 30.5 Å². The van der Waals surface area contributed by atoms with Crippen LogP contribution in [0, 0.1) is 0 Å². The number of hydrogen-bond acceptors (Lipinski definition) is 7. The second-order valence-electron chi connectivity index (χ2n) is 6.89. The highest BCUT2D eigenvalue weighted by Crippen LogP contribution is 2.41. The van der Waals surface area contributed by atoms with E-state index in [-0.39, 0.29) is 17.5 Å². The Bertz CT molecular complexity index is 1240. The number of benzene rings is 2. The normalized spacial score (nSPS) is 12.9. The molecule has 0 fully saturated rings. The van der Waals surface area contributed by atoms with E-state index in [2.05, 4.69) is 14.8 Å². The molecule has 1 aliphatic rings. The van der Waals surface area contributed by atoms with E-state index in [1.54, 1.807) is 43.5 Å². The Labute approximate surface area is 191 Å². The van der Waals surface area contributed by atoms with Gasteiger partial charge in [-0.15, -0.1) is 0 Å². The highest BCUT2D eigenvalue weighted by atomic mass is 32.2. The Morgan fingerprint density at radius 3 is 2.09 bits per heavy atom. The first kappa shape index (κ1) is 22.5. The molecular weight excluding hydrogens is 454 g/mol. The first-order valence-electron chi connectivity index (χ1n) is 9.69. The average Bonchev–Trinajstić information content (AvgIpc) is 3.18. The van der Waals surface area contributed by atoms with E-state index in [1.807, 2.05) is 0 Å². The largest absolute Gasteiger partial charge is 0.497 e. The van der Waals surface area contributed by atoms with Gasteiger partial charge in [-0.05, 0) is 60.3 Å². The number of halogens is 2. The van der Waals surface area contributed by atoms with Gasteiger partial charge in [-0.1, -0.05) is 0 Å². The lowest BCUT2D eigenvalue weighted by molar-refractivity contribution is -0.116. The third-order valence-electron chi connectivity index (χ3n) is 4.69. The summed E-state index contributed by atoms with van der Waals surface area (Å²) >= 11 is 1.15. The first-order valence-corrected chi connectivity index (χ1v) is 10.5. The number of hydrazone groups is 1. The summed E-state index contributed by atoms with van der Waals surface area (Å²) in [5, 5.41) is 6.32. The molecule has 0 aliphatic carbocycles. The van der Waals surface area contributed by atoms with Crippen LogP contribution < -0.4 is 14.5 Å². The molecule has 1 amide bonds. The lowest BCUT2D eigenvalue weighted by Gasteiger charge is -2.21. The molecule has 0 spiro atoms. The van der Waals surface area contributed by atoms with Crippen LogP contribution in [-0.2, 0) is 4.79 Å². The van der Waals surface area contributed by atoms with Crippen molar-refractivity contribution in [3.8, 4) is 22.9 Å². The topological polar surface area (TPSA) is 86.0 Å². The number of anilines is 1. The molecular formula is C22H18F2N4O4S. The Balaban J connectivity index is 1.78. The number of rotatable bonds is 5. The summed E-state index contributed by atoms with van der Waals surface area (Å²) in [5.74, 6) is 0.526. The molecule has 2 aromatic carbocycles. The summed E-state index contributed by atoms with van der Waals surface area (Å²) in [6.07, 6.45) is 0. The van der Waals surface area contributed by atoms with Crippen LogP contribution in [-0.4, -0.2) is 40.1 Å². The number of thioether (sulfide) groups is 1. The van der Waals surface area contributed by atoms with Gasteiger partial charge in [0, 0.05) is 25.0 Å². The van der Waals surface area contributed by atoms with Crippen molar-refractivity contribution >= 4 is 34.4 Å². The van der Waals surface area contributed by atoms with Crippen molar-refractivity contribution < 1.29 is 27.8 Å². The van der Waals surface area contributed by atoms with Crippen molar-refractivity contribution in [3.05, 3.63) is 54.1 Å². The minimum absolute atomic E-state index is 0.00478. The van der Waals surface area contributed by atoms with Crippen LogP contribution in [0.5, 0.6) is 11.5 Å². The molecule has 0 atom stereocenters. The number of aromatic nitrogens is 2. The first-order chi connectivity index (χ1) is 15.8. The third-order valence-corrected chi connectivity index (χ3v) is 5.76. The van der Waals surface area contributed by atoms with Crippen LogP contribution >= 0.6 is 11.8 Å². The van der Waals surface area contributed by atoms with Crippen LogP contribution in [0.15, 0.2) is 58.7 Å². The van der Waals surface area contributed by atoms with Crippen LogP contribution in [0.25, 0.3) is 11.4 Å². The molecule has 33 heavy (non-hydrogen) atoms. The molecule has 4 rings (SSSR count). The summed E-state index contributed by atoms with van der Waals surface area (Å²) in [6, 6.07) is 12.9. The number of alkyl halides is 2. The van der Waals surface area contributed by atoms with Crippen molar-refractivity contribution in [2.45, 2.75) is 25.5 Å². The lowest BCUT2D eigenvalue weighted by Crippen LogP contribution is -2.28. The molecule has 3 aromatic rings. The number of ether oxygens (including phenoxy) is 2. The number of imidazole rings is 1. The van der Waals surface area contributed by atoms with E-state index in [0.717, 1.165) is 16.8 Å². The van der Waals surface area contributed by atoms with Gasteiger partial charge in [0.2, 0.25) is 11.8 Å². The fourth-order valence-corrected chi connectivity index (χ4v) is 4.30. The lowest BCUT2D eigenvalue weighted by atomic mass is 10.2. The highest BCUT2D eigenvalue weighted by molar-refractivity contribution is 8.14. The molecule has 0 unspecified atom stereocenters. The summed E-state index contributed by atoms with van der Waals surface area (Å²) in [4.78, 5) is 29.5. The zero-order valence-electron chi connectivity index (χ0n) is 17.8. The van der Waals surface area contributed by atoms with Crippen molar-refractivity contribution in [1.82, 2.24) is 9.55 Å². The standard InChI is InChI=1S/C22H18F2N4O4S/c1-12(29)27-18(14-4-8-16(31-3)9-5-14)25-19-21(27)33-20(26-28(19)13(2)30)15-6-10-17(11-7-15)32-22(23)24/h4-11,22H,1-3H3. The predicted octanol–water partition coefficient (Wildman–Crippen LogP) is 4.64. The van der Waals surface area contributed by atoms with Gasteiger partial charge in [0.1, 0.15) is 27.4 Å². The minimum atomic E-state index is -2.94. The Kier molecular flexibility index (Phi) is 6.14. The van der Waals surface area contributed by atoms with Gasteiger partial charge >= 0.3 is 6.61 Å². The van der Waals surface area contributed by atoms with Crippen molar-refractivity contribution in [3.63, 3.8) is 0 Å². The van der Waals surface area contributed by atoms with Gasteiger partial charge in [0.15, 0.2) is 5.82 Å². The third kappa shape index (κ3) is 4.44. The van der Waals surface area contributed by atoms with Crippen LogP contribution in [0.4, 0.5) is 14.6 Å². The molecule has 170 valence electrons. The monoisotopic (exact) mass is 472 g/mol. The number of fused-ring (bicyclic) bond motifs is 1. The van der Waals surface area contributed by atoms with Crippen LogP contribution in [0.2, 0.25) is 0 Å². The number of carbonyl (C=O) groups excluding carboxylic acids is 2. The van der Waals surface area contributed by atoms with Crippen LogP contribution in [0.1, 0.15) is 24.2 Å². The number of carbonyl (C=O) groups is 2. The van der Waals surface area contributed by atoms with Crippen molar-refractivity contribution in [2.24, 2.45) is 5.10 Å². The molecule has 2 heterocycles. The van der Waals surface area contributed by atoms with Crippen molar-refractivity contribution in [1.29, 1.82) is 0 Å². The Hall–Kier alpha value is -3.73. The molecule has 1 aromatic heterocycles. The van der Waals surface area contributed by atoms with Crippen LogP contribution in [0.3, 0.4) is 0 Å². The molecule has 0 bridgehead atoms. The minimum Gasteiger partial charge on any atom is -0.497 e. The zero-order valence-corrected chi connectivity index (χ0v) is 18.6. The maximum absolute atomic E-state index is 12.6. The zero-order chi connectivity index (χ0) is 23.7. The van der Waals surface area contributed by atoms with E-state index in [9.17, 15) is 18.4 Å². The molecule has 8 nitrogen and oxygen atoms in total. The molecule has 11 heteroatoms. The molecule has 0 radical (unpaired) electrons. The van der Waals surface area contributed by atoms with Gasteiger partial charge in [-0.2, -0.15) is 18.9 Å². The van der Waals surface area contributed by atoms with Gasteiger partial charge in [0.05, 0.1) is 7.11 Å². The summed E-state index contributed by atoms with van der Waals surface area (Å²) in [6.45, 7) is -0.204. The maximum atomic E-state index is 12.6. The Morgan fingerprint density at radius 2 is 1.55 bits per heavy atom. The molecule has 0 N–H and O–H groups in total. The maximum Gasteiger partial charge on any atom is 0.387 e. The highest BCUT2D eigenvalue weighted by Gasteiger charge is 2.32. The van der Waals surface area contributed by atoms with E-state index < -0.39 is 12.5 Å². The summed E-state index contributed by atoms with van der Waals surface area (Å²) in [5.41, 5.74) is 1.21. The predicted molar refractivity (Wildman–Crippen MR) is 119 cm³/mol. The van der Waals surface area contributed by atoms with E-state index in [4.69, 9.17) is 4.74 Å². The summed E-state index contributed by atoms with van der Waals surface area (Å²) in [7, 11) is 1.55. The van der Waals surface area contributed by atoms with E-state index >= 15 is 0 Å². The second kappa shape index (κ2) is 9.02. The molecule has 1 aliphatic heterocycles. The smallest absolute Gasteiger partial charge is 0.387 e. The number of hydrogen-bond donors (Lipinski definition) is 0. The molecule has 0 saturated carbocycles. The SMILES string of the molecule is COc1ccc(-c2nc3c(n2C(C)=O)SC(c2ccc(OC(F)F)cc2)=NN3C(C)=O)cc1. The van der Waals surface area contributed by atoms with E-state index in [0.29, 0.717) is 32.8 Å². The summed E-state index contributed by atoms with van der Waals surface area (Å²) < 4.78 is 35.9. The number of amides is 1. The second-order valence-corrected chi connectivity index (χ2v) is 7.87. The van der Waals surface area contributed by atoms with Gasteiger partial charge < -0.3 is 9.47 Å². The molecule has 0 saturated heterocycles. The average molecular weight is 472 g/mol. The fraction of sp³-hybridized carbons (Fsp3) is 0.182. The van der Waals surface area contributed by atoms with Crippen molar-refractivity contribution in [2.75, 3.05) is 12.1 Å². The number of methoxy groups -OCH3 is 1. The number of nitrogens with zero attached hydrogens (tertiary/aromatic N) is 4.